The summed E-state index contributed by atoms with van der Waals surface area (Å²) < 4.78 is 7.73. The van der Waals surface area contributed by atoms with E-state index in [9.17, 15) is 0 Å². The maximum absolute atomic E-state index is 5.75. The number of nitrogens with zero attached hydrogens (tertiary/aromatic N) is 2. The van der Waals surface area contributed by atoms with Crippen LogP contribution in [0, 0.1) is 20.8 Å². The molecule has 0 aliphatic rings. The monoisotopic (exact) mass is 290 g/mol. The van der Waals surface area contributed by atoms with Crippen molar-refractivity contribution in [1.82, 2.24) is 14.8 Å². The van der Waals surface area contributed by atoms with E-state index >= 15 is 0 Å². The van der Waals surface area contributed by atoms with Gasteiger partial charge in [0.2, 0.25) is 0 Å². The largest absolute Gasteiger partial charge is 0.466 e. The van der Waals surface area contributed by atoms with Crippen molar-refractivity contribution >= 4 is 16.3 Å². The third-order valence-corrected chi connectivity index (χ3v) is 4.49. The Balaban J connectivity index is 1.92. The van der Waals surface area contributed by atoms with Gasteiger partial charge in [0.15, 0.2) is 4.96 Å². The minimum absolute atomic E-state index is 0.0112. The highest BCUT2D eigenvalue weighted by Gasteiger charge is 2.21. The van der Waals surface area contributed by atoms with Crippen LogP contribution in [0.1, 0.15) is 34.4 Å². The molecule has 0 bridgehead atoms. The number of hydrogen-bond donors (Lipinski definition) is 2. The zero-order valence-corrected chi connectivity index (χ0v) is 12.6. The summed E-state index contributed by atoms with van der Waals surface area (Å²) in [7, 11) is 0. The van der Waals surface area contributed by atoms with E-state index in [1.807, 2.05) is 36.0 Å². The lowest BCUT2D eigenvalue weighted by Crippen LogP contribution is -2.30. The third kappa shape index (κ3) is 2.15. The zero-order valence-electron chi connectivity index (χ0n) is 11.8. The van der Waals surface area contributed by atoms with Gasteiger partial charge in [-0.1, -0.05) is 0 Å². The van der Waals surface area contributed by atoms with E-state index < -0.39 is 0 Å². The van der Waals surface area contributed by atoms with Gasteiger partial charge in [-0.2, -0.15) is 0 Å². The lowest BCUT2D eigenvalue weighted by molar-refractivity contribution is 0.483. The van der Waals surface area contributed by atoms with Gasteiger partial charge in [-0.25, -0.2) is 4.98 Å². The van der Waals surface area contributed by atoms with Crippen LogP contribution in [-0.4, -0.2) is 9.38 Å². The predicted molar refractivity (Wildman–Crippen MR) is 79.8 cm³/mol. The molecule has 20 heavy (non-hydrogen) atoms. The van der Waals surface area contributed by atoms with Gasteiger partial charge in [0.25, 0.3) is 0 Å². The summed E-state index contributed by atoms with van der Waals surface area (Å²) in [6.45, 7) is 6.02. The molecular weight excluding hydrogens is 272 g/mol. The molecule has 0 saturated heterocycles. The minimum Gasteiger partial charge on any atom is -0.466 e. The maximum Gasteiger partial charge on any atom is 0.193 e. The highest BCUT2D eigenvalue weighted by Crippen LogP contribution is 2.29. The Morgan fingerprint density at radius 2 is 2.20 bits per heavy atom. The minimum atomic E-state index is 0.0112. The van der Waals surface area contributed by atoms with Crippen LogP contribution in [0.3, 0.4) is 0 Å². The molecular formula is C14H18N4OS. The van der Waals surface area contributed by atoms with Gasteiger partial charge in [-0.05, 0) is 26.3 Å². The smallest absolute Gasteiger partial charge is 0.193 e. The molecule has 3 N–H and O–H groups in total. The van der Waals surface area contributed by atoms with E-state index in [0.29, 0.717) is 0 Å². The highest BCUT2D eigenvalue weighted by molar-refractivity contribution is 7.15. The third-order valence-electron chi connectivity index (χ3n) is 3.72. The quantitative estimate of drug-likeness (QED) is 0.572. The molecule has 5 nitrogen and oxygen atoms in total. The van der Waals surface area contributed by atoms with Crippen molar-refractivity contribution in [3.05, 3.63) is 46.1 Å². The Hall–Kier alpha value is -1.63. The van der Waals surface area contributed by atoms with E-state index in [1.54, 1.807) is 11.3 Å². The SMILES string of the molecule is Cc1oc(C)c(C(Cc2cn3ccsc3n2)NN)c1C. The van der Waals surface area contributed by atoms with Gasteiger partial charge in [0.1, 0.15) is 11.5 Å². The van der Waals surface area contributed by atoms with Crippen LogP contribution in [0.15, 0.2) is 22.2 Å². The van der Waals surface area contributed by atoms with Crippen molar-refractivity contribution in [1.29, 1.82) is 0 Å². The van der Waals surface area contributed by atoms with E-state index in [1.165, 1.54) is 0 Å². The Kier molecular flexibility index (Phi) is 3.37. The first-order valence-electron chi connectivity index (χ1n) is 6.54. The van der Waals surface area contributed by atoms with Crippen LogP contribution in [0.25, 0.3) is 4.96 Å². The number of aromatic nitrogens is 2. The van der Waals surface area contributed by atoms with E-state index in [4.69, 9.17) is 10.3 Å². The predicted octanol–water partition coefficient (Wildman–Crippen LogP) is 2.66. The summed E-state index contributed by atoms with van der Waals surface area (Å²) in [5.74, 6) is 7.61. The van der Waals surface area contributed by atoms with Crippen LogP contribution in [0.5, 0.6) is 0 Å². The summed E-state index contributed by atoms with van der Waals surface area (Å²) in [5, 5.41) is 2.03. The van der Waals surface area contributed by atoms with E-state index in [2.05, 4.69) is 17.3 Å². The molecule has 3 aromatic heterocycles. The summed E-state index contributed by atoms with van der Waals surface area (Å²) in [4.78, 5) is 5.61. The molecule has 106 valence electrons. The van der Waals surface area contributed by atoms with Gasteiger partial charge < -0.3 is 4.42 Å². The number of rotatable bonds is 4. The first kappa shape index (κ1) is 13.4. The molecule has 0 saturated carbocycles. The van der Waals surface area contributed by atoms with Crippen LogP contribution >= 0.6 is 11.3 Å². The lowest BCUT2D eigenvalue weighted by atomic mass is 9.99. The fourth-order valence-electron chi connectivity index (χ4n) is 2.65. The second-order valence-corrected chi connectivity index (χ2v) is 5.87. The van der Waals surface area contributed by atoms with Crippen LogP contribution < -0.4 is 11.3 Å². The van der Waals surface area contributed by atoms with Crippen LogP contribution in [-0.2, 0) is 6.42 Å². The number of hydrazine groups is 1. The van der Waals surface area contributed by atoms with Crippen molar-refractivity contribution in [3.63, 3.8) is 0 Å². The molecule has 6 heteroatoms. The summed E-state index contributed by atoms with van der Waals surface area (Å²) >= 11 is 1.63. The fraction of sp³-hybridized carbons (Fsp3) is 0.357. The highest BCUT2D eigenvalue weighted by atomic mass is 32.1. The Morgan fingerprint density at radius 1 is 1.40 bits per heavy atom. The maximum atomic E-state index is 5.75. The lowest BCUT2D eigenvalue weighted by Gasteiger charge is -2.15. The molecule has 0 aliphatic carbocycles. The summed E-state index contributed by atoms with van der Waals surface area (Å²) in [5.41, 5.74) is 6.22. The molecule has 1 unspecified atom stereocenters. The standard InChI is InChI=1S/C14H18N4OS/c1-8-9(2)19-10(3)13(8)12(17-15)6-11-7-18-4-5-20-14(18)16-11/h4-5,7,12,17H,6,15H2,1-3H3. The second kappa shape index (κ2) is 5.05. The van der Waals surface area contributed by atoms with Gasteiger partial charge in [-0.3, -0.25) is 15.7 Å². The summed E-state index contributed by atoms with van der Waals surface area (Å²) in [6.07, 6.45) is 4.80. The second-order valence-electron chi connectivity index (χ2n) is 5.00. The topological polar surface area (TPSA) is 68.5 Å². The van der Waals surface area contributed by atoms with Gasteiger partial charge in [0.05, 0.1) is 11.7 Å². The van der Waals surface area contributed by atoms with Gasteiger partial charge in [-0.15, -0.1) is 11.3 Å². The molecule has 3 aromatic rings. The van der Waals surface area contributed by atoms with Crippen molar-refractivity contribution in [2.24, 2.45) is 5.84 Å². The normalized spacial score (nSPS) is 13.2. The first-order valence-corrected chi connectivity index (χ1v) is 7.41. The van der Waals surface area contributed by atoms with E-state index in [-0.39, 0.29) is 6.04 Å². The number of furan rings is 1. The number of hydrogen-bond acceptors (Lipinski definition) is 5. The van der Waals surface area contributed by atoms with E-state index in [0.717, 1.165) is 39.7 Å². The van der Waals surface area contributed by atoms with Crippen LogP contribution in [0.2, 0.25) is 0 Å². The molecule has 0 amide bonds. The number of thiazole rings is 1. The fourth-order valence-corrected chi connectivity index (χ4v) is 3.37. The molecule has 0 aliphatic heterocycles. The van der Waals surface area contributed by atoms with Gasteiger partial charge >= 0.3 is 0 Å². The Bertz CT molecular complexity index is 711. The average Bonchev–Trinajstić information content (AvgIpc) is 3.03. The Morgan fingerprint density at radius 3 is 2.80 bits per heavy atom. The molecule has 0 spiro atoms. The first-order chi connectivity index (χ1) is 9.60. The Labute approximate surface area is 121 Å². The summed E-state index contributed by atoms with van der Waals surface area (Å²) in [6, 6.07) is 0.0112. The number of aryl methyl sites for hydroxylation is 2. The van der Waals surface area contributed by atoms with Crippen molar-refractivity contribution in [3.8, 4) is 0 Å². The zero-order chi connectivity index (χ0) is 14.3. The van der Waals surface area contributed by atoms with Gasteiger partial charge in [0, 0.05) is 29.8 Å². The van der Waals surface area contributed by atoms with Crippen molar-refractivity contribution in [2.45, 2.75) is 33.2 Å². The molecule has 0 radical (unpaired) electrons. The van der Waals surface area contributed by atoms with Crippen LogP contribution in [0.4, 0.5) is 0 Å². The molecule has 0 aromatic carbocycles. The molecule has 3 rings (SSSR count). The number of imidazole rings is 1. The number of nitrogens with two attached hydrogens (primary N) is 1. The molecule has 0 fully saturated rings. The van der Waals surface area contributed by atoms with Crippen molar-refractivity contribution in [2.75, 3.05) is 0 Å². The number of nitrogens with one attached hydrogen (secondary N) is 1. The number of fused-ring (bicyclic) bond motifs is 1. The molecule has 1 atom stereocenters. The average molecular weight is 290 g/mol. The molecule has 3 heterocycles. The van der Waals surface area contributed by atoms with Crippen molar-refractivity contribution < 1.29 is 4.42 Å².